The summed E-state index contributed by atoms with van der Waals surface area (Å²) in [5.74, 6) is 0.0811. The Hall–Kier alpha value is 1.25. The van der Waals surface area contributed by atoms with Crippen molar-refractivity contribution >= 4 is 24.2 Å². The maximum Gasteiger partial charge on any atom is 1.00 e. The maximum atomic E-state index is 13.6. The summed E-state index contributed by atoms with van der Waals surface area (Å²) in [6.45, 7) is 11.6. The molecule has 0 spiro atoms. The second-order valence-electron chi connectivity index (χ2n) is 17.3. The van der Waals surface area contributed by atoms with E-state index in [1.54, 1.807) is 0 Å². The van der Waals surface area contributed by atoms with Gasteiger partial charge in [0, 0.05) is 12.8 Å². The maximum absolute atomic E-state index is 13.6. The molecular weight excluding hydrogens is 769 g/mol. The van der Waals surface area contributed by atoms with Crippen molar-refractivity contribution in [2.45, 2.75) is 155 Å². The van der Waals surface area contributed by atoms with Crippen molar-refractivity contribution in [2.75, 3.05) is 6.61 Å². The Morgan fingerprint density at radius 3 is 2.15 bits per heavy atom. The average Bonchev–Trinajstić information content (AvgIpc) is 3.32. The third-order valence-corrected chi connectivity index (χ3v) is 15.2. The molecule has 10 unspecified atom stereocenters. The van der Waals surface area contributed by atoms with Crippen molar-refractivity contribution in [1.82, 2.24) is 0 Å². The van der Waals surface area contributed by atoms with Crippen LogP contribution in [0.25, 0.3) is 0 Å². The Morgan fingerprint density at radius 2 is 1.56 bits per heavy atom. The second-order valence-corrected chi connectivity index (χ2v) is 19.6. The molecule has 302 valence electrons. The first kappa shape index (κ1) is 49.6. The summed E-state index contributed by atoms with van der Waals surface area (Å²) in [6.07, 6.45) is -4.92. The molecule has 4 saturated carbocycles. The van der Waals surface area contributed by atoms with Crippen LogP contribution in [0.3, 0.4) is 0 Å². The zero-order chi connectivity index (χ0) is 38.6. The van der Waals surface area contributed by atoms with E-state index in [4.69, 9.17) is 22.7 Å². The van der Waals surface area contributed by atoms with Crippen LogP contribution in [0.4, 0.5) is 0 Å². The summed E-state index contributed by atoms with van der Waals surface area (Å²) in [5.41, 5.74) is -0.778. The number of aliphatic hydroxyl groups excluding tert-OH is 4. The normalized spacial score (nSPS) is 43.7. The van der Waals surface area contributed by atoms with Crippen LogP contribution in [-0.4, -0.2) is 95.0 Å². The molecule has 5 fully saturated rings. The molecule has 5 rings (SSSR count). The van der Waals surface area contributed by atoms with Gasteiger partial charge in [-0.15, -0.1) is 0 Å². The summed E-state index contributed by atoms with van der Waals surface area (Å²) in [5, 5.41) is 40.4. The summed E-state index contributed by atoms with van der Waals surface area (Å²) < 4.78 is 75.8. The van der Waals surface area contributed by atoms with Gasteiger partial charge in [-0.05, 0) is 91.3 Å². The van der Waals surface area contributed by atoms with E-state index in [-0.39, 0.29) is 125 Å². The van der Waals surface area contributed by atoms with Gasteiger partial charge in [-0.25, -0.2) is 8.42 Å². The molecule has 0 aromatic rings. The number of fused-ring (bicyclic) bond motifs is 5. The number of phosphoric acid groups is 1. The van der Waals surface area contributed by atoms with Crippen molar-refractivity contribution in [1.29, 1.82) is 0 Å². The molecule has 17 atom stereocenters. The standard InChI is InChI=1S/C35H61O15PS.2Na/c1-18(2)8-7-9-19(3)29-27(46-20(4)37)16-24-22-15-26(48-51(41,42)49-33-32(40)31(39)30(38)28(17-36)47-33)25-14-21(50-52(43,44)45)10-12-34(25,5)23(22)11-13-35(24,29)6;;/h18-19,21-33,36,38-40H,7-17H2,1-6H3,(H,41,42)(H,43,44,45);;/q;2*+1/p-2/t19-,21+,22?,23?,24?,25?,26+,27+,28?,29+,30?,31?,32?,33?,34-,35+;;/m1../s1. The van der Waals surface area contributed by atoms with Gasteiger partial charge in [0.05, 0.1) is 18.8 Å². The predicted octanol–water partition coefficient (Wildman–Crippen LogP) is -3.22. The molecule has 1 saturated heterocycles. The van der Waals surface area contributed by atoms with E-state index < -0.39 is 79.1 Å². The van der Waals surface area contributed by atoms with Crippen molar-refractivity contribution in [3.05, 3.63) is 0 Å². The summed E-state index contributed by atoms with van der Waals surface area (Å²) in [7, 11) is -10.4. The van der Waals surface area contributed by atoms with Crippen molar-refractivity contribution < 1.29 is 129 Å². The van der Waals surface area contributed by atoms with E-state index in [2.05, 4.69) is 34.6 Å². The minimum Gasteiger partial charge on any atom is -0.756 e. The van der Waals surface area contributed by atoms with Crippen molar-refractivity contribution in [2.24, 2.45) is 52.3 Å². The minimum absolute atomic E-state index is 0. The van der Waals surface area contributed by atoms with Gasteiger partial charge in [0.2, 0.25) is 10.4 Å². The molecule has 1 heterocycles. The van der Waals surface area contributed by atoms with E-state index in [9.17, 15) is 47.6 Å². The van der Waals surface area contributed by atoms with Gasteiger partial charge in [0.1, 0.15) is 30.5 Å². The molecule has 0 aromatic carbocycles. The van der Waals surface area contributed by atoms with Gasteiger partial charge >= 0.3 is 65.1 Å². The largest absolute Gasteiger partial charge is 1.00 e. The fourth-order valence-electron chi connectivity index (χ4n) is 11.5. The Kier molecular flexibility index (Phi) is 17.7. The number of hydrogen-bond acceptors (Lipinski definition) is 15. The van der Waals surface area contributed by atoms with E-state index in [1.165, 1.54) is 6.92 Å². The molecule has 15 nitrogen and oxygen atoms in total. The number of carbonyl (C=O) groups is 1. The summed E-state index contributed by atoms with van der Waals surface area (Å²) in [4.78, 5) is 26.1. The number of ether oxygens (including phenoxy) is 2. The Labute approximate surface area is 364 Å². The van der Waals surface area contributed by atoms with Gasteiger partial charge in [-0.2, -0.15) is 0 Å². The molecule has 1 aliphatic heterocycles. The molecule has 4 N–H and O–H groups in total. The molecule has 54 heavy (non-hydrogen) atoms. The van der Waals surface area contributed by atoms with Crippen LogP contribution in [0, 0.1) is 52.3 Å². The zero-order valence-electron chi connectivity index (χ0n) is 33.1. The van der Waals surface area contributed by atoms with Crippen LogP contribution < -0.4 is 64.0 Å². The second kappa shape index (κ2) is 19.3. The first-order valence-electron chi connectivity index (χ1n) is 18.9. The van der Waals surface area contributed by atoms with E-state index in [1.807, 2.05) is 0 Å². The molecule has 0 bridgehead atoms. The number of carbonyl (C=O) groups excluding carboxylic acids is 1. The Bertz CT molecular complexity index is 1420. The topological polar surface area (TPSA) is 241 Å². The monoisotopic (exact) mass is 828 g/mol. The van der Waals surface area contributed by atoms with Gasteiger partial charge in [0.25, 0.3) is 7.82 Å². The number of esters is 1. The van der Waals surface area contributed by atoms with E-state index in [0.29, 0.717) is 18.8 Å². The molecule has 19 heteroatoms. The van der Waals surface area contributed by atoms with Crippen LogP contribution >= 0.6 is 7.82 Å². The molecular formula is C35H59Na2O15PS. The SMILES string of the molecule is CC(=O)O[C@H]1CC2C3C[C@H](OP(=O)([O-])OC4OC(CO)C(O)C(O)C4O)C4C[C@@H](OS(=O)(=O)[O-])CC[C@]4(C)C3CC[C@]2(C)[C@H]1[C@H](C)CCCC(C)C.[Na+].[Na+]. The van der Waals surface area contributed by atoms with E-state index in [0.717, 1.165) is 32.1 Å². The molecule has 5 aliphatic rings. The van der Waals surface area contributed by atoms with Gasteiger partial charge in [-0.1, -0.05) is 53.9 Å². The first-order chi connectivity index (χ1) is 24.1. The first-order valence-corrected chi connectivity index (χ1v) is 21.7. The third kappa shape index (κ3) is 10.8. The Balaban J connectivity index is 0.00000392. The smallest absolute Gasteiger partial charge is 0.756 e. The van der Waals surface area contributed by atoms with Crippen LogP contribution in [0.15, 0.2) is 0 Å². The van der Waals surface area contributed by atoms with E-state index >= 15 is 0 Å². The molecule has 4 aliphatic carbocycles. The number of hydrogen-bond donors (Lipinski definition) is 4. The third-order valence-electron chi connectivity index (χ3n) is 13.7. The van der Waals surface area contributed by atoms with Crippen molar-refractivity contribution in [3.8, 4) is 0 Å². The molecule has 0 radical (unpaired) electrons. The zero-order valence-corrected chi connectivity index (χ0v) is 38.8. The van der Waals surface area contributed by atoms with Crippen molar-refractivity contribution in [3.63, 3.8) is 0 Å². The van der Waals surface area contributed by atoms with Crippen LogP contribution in [-0.2, 0) is 42.5 Å². The molecule has 0 amide bonds. The van der Waals surface area contributed by atoms with Gasteiger partial charge in [0.15, 0.2) is 6.29 Å². The number of phosphoric ester groups is 1. The number of rotatable bonds is 13. The Morgan fingerprint density at radius 1 is 0.907 bits per heavy atom. The fraction of sp³-hybridized carbons (Fsp3) is 0.971. The minimum atomic E-state index is -5.38. The van der Waals surface area contributed by atoms with Crippen LogP contribution in [0.2, 0.25) is 0 Å². The average molecular weight is 829 g/mol. The number of aliphatic hydroxyl groups is 4. The van der Waals surface area contributed by atoms with Crippen LogP contribution in [0.5, 0.6) is 0 Å². The summed E-state index contributed by atoms with van der Waals surface area (Å²) in [6, 6.07) is 0. The van der Waals surface area contributed by atoms with Gasteiger partial charge in [-0.3, -0.25) is 18.1 Å². The van der Waals surface area contributed by atoms with Crippen LogP contribution in [0.1, 0.15) is 106 Å². The quantitative estimate of drug-likeness (QED) is 0.0470. The molecule has 0 aromatic heterocycles. The fourth-order valence-corrected chi connectivity index (χ4v) is 13.0. The predicted molar refractivity (Wildman–Crippen MR) is 181 cm³/mol. The van der Waals surface area contributed by atoms with Gasteiger partial charge < -0.3 is 43.9 Å². The summed E-state index contributed by atoms with van der Waals surface area (Å²) >= 11 is 0.